The van der Waals surface area contributed by atoms with Crippen LogP contribution >= 0.6 is 12.2 Å². The molecule has 1 amide bonds. The number of nitrogens with one attached hydrogen (secondary N) is 1. The summed E-state index contributed by atoms with van der Waals surface area (Å²) in [5.74, 6) is -0.155. The van der Waals surface area contributed by atoms with Gasteiger partial charge in [-0.3, -0.25) is 10.1 Å². The van der Waals surface area contributed by atoms with Crippen molar-refractivity contribution in [2.45, 2.75) is 19.8 Å². The highest BCUT2D eigenvalue weighted by Gasteiger charge is 2.15. The number of carbonyl (C=O) groups is 1. The summed E-state index contributed by atoms with van der Waals surface area (Å²) in [7, 11) is 0. The normalized spacial score (nSPS) is 10.4. The topological polar surface area (TPSA) is 32.3 Å². The molecule has 0 saturated carbocycles. The van der Waals surface area contributed by atoms with Gasteiger partial charge in [-0.05, 0) is 54.7 Å². The predicted octanol–water partition coefficient (Wildman–Crippen LogP) is 4.80. The fourth-order valence-electron chi connectivity index (χ4n) is 3.20. The van der Waals surface area contributed by atoms with Gasteiger partial charge in [-0.25, -0.2) is 0 Å². The maximum atomic E-state index is 12.7. The Kier molecular flexibility index (Phi) is 7.54. The van der Waals surface area contributed by atoms with Crippen molar-refractivity contribution < 1.29 is 4.79 Å². The minimum Gasteiger partial charge on any atom is -0.348 e. The molecule has 0 atom stereocenters. The van der Waals surface area contributed by atoms with E-state index in [1.807, 2.05) is 67.6 Å². The molecular weight excluding hydrogens is 376 g/mol. The van der Waals surface area contributed by atoms with E-state index in [9.17, 15) is 4.79 Å². The van der Waals surface area contributed by atoms with E-state index in [1.54, 1.807) is 0 Å². The number of hydrogen-bond donors (Lipinski definition) is 1. The SMILES string of the molecule is Cc1ccccc1C(=O)NC(=S)N(CCc1ccccc1)CCc1ccccc1. The Morgan fingerprint density at radius 1 is 0.793 bits per heavy atom. The van der Waals surface area contributed by atoms with Crippen molar-refractivity contribution in [3.8, 4) is 0 Å². The molecular formula is C25H26N2OS. The van der Waals surface area contributed by atoms with Gasteiger partial charge >= 0.3 is 0 Å². The third-order valence-electron chi connectivity index (χ3n) is 4.92. The molecule has 0 radical (unpaired) electrons. The highest BCUT2D eigenvalue weighted by Crippen LogP contribution is 2.09. The molecule has 3 aromatic rings. The first-order chi connectivity index (χ1) is 14.1. The lowest BCUT2D eigenvalue weighted by Crippen LogP contribution is -2.44. The number of benzene rings is 3. The smallest absolute Gasteiger partial charge is 0.257 e. The molecule has 1 N–H and O–H groups in total. The Bertz CT molecular complexity index is 898. The number of aryl methyl sites for hydroxylation is 1. The van der Waals surface area contributed by atoms with Gasteiger partial charge in [-0.1, -0.05) is 78.9 Å². The van der Waals surface area contributed by atoms with Crippen molar-refractivity contribution in [1.82, 2.24) is 10.2 Å². The predicted molar refractivity (Wildman–Crippen MR) is 123 cm³/mol. The first kappa shape index (κ1) is 20.7. The van der Waals surface area contributed by atoms with Crippen LogP contribution in [-0.4, -0.2) is 29.0 Å². The fraction of sp³-hybridized carbons (Fsp3) is 0.200. The van der Waals surface area contributed by atoms with Gasteiger partial charge in [0.25, 0.3) is 5.91 Å². The second kappa shape index (κ2) is 10.5. The quantitative estimate of drug-likeness (QED) is 0.576. The molecule has 3 rings (SSSR count). The molecule has 0 aromatic heterocycles. The molecule has 0 unspecified atom stereocenters. The molecule has 3 nitrogen and oxygen atoms in total. The molecule has 0 fully saturated rings. The summed E-state index contributed by atoms with van der Waals surface area (Å²) in [5, 5.41) is 3.41. The van der Waals surface area contributed by atoms with Gasteiger partial charge < -0.3 is 4.90 Å². The van der Waals surface area contributed by atoms with Crippen LogP contribution in [0.5, 0.6) is 0 Å². The van der Waals surface area contributed by atoms with Crippen LogP contribution in [0.1, 0.15) is 27.0 Å². The van der Waals surface area contributed by atoms with Gasteiger partial charge in [-0.2, -0.15) is 0 Å². The highest BCUT2D eigenvalue weighted by atomic mass is 32.1. The summed E-state index contributed by atoms with van der Waals surface area (Å²) >= 11 is 5.62. The lowest BCUT2D eigenvalue weighted by molar-refractivity contribution is 0.0972. The number of nitrogens with zero attached hydrogens (tertiary/aromatic N) is 1. The van der Waals surface area contributed by atoms with Gasteiger partial charge in [-0.15, -0.1) is 0 Å². The monoisotopic (exact) mass is 402 g/mol. The second-order valence-corrected chi connectivity index (χ2v) is 7.42. The molecule has 4 heteroatoms. The van der Waals surface area contributed by atoms with Crippen molar-refractivity contribution >= 4 is 23.2 Å². The zero-order valence-corrected chi connectivity index (χ0v) is 17.5. The van der Waals surface area contributed by atoms with E-state index in [4.69, 9.17) is 12.2 Å². The van der Waals surface area contributed by atoms with Crippen LogP contribution in [0.2, 0.25) is 0 Å². The van der Waals surface area contributed by atoms with Gasteiger partial charge in [0.05, 0.1) is 0 Å². The Balaban J connectivity index is 1.67. The summed E-state index contributed by atoms with van der Waals surface area (Å²) in [6, 6.07) is 28.2. The molecule has 0 spiro atoms. The zero-order valence-electron chi connectivity index (χ0n) is 16.7. The van der Waals surface area contributed by atoms with Crippen molar-refractivity contribution in [3.63, 3.8) is 0 Å². The summed E-state index contributed by atoms with van der Waals surface area (Å²) in [4.78, 5) is 14.8. The van der Waals surface area contributed by atoms with Crippen molar-refractivity contribution in [1.29, 1.82) is 0 Å². The maximum Gasteiger partial charge on any atom is 0.257 e. The van der Waals surface area contributed by atoms with E-state index in [1.165, 1.54) is 11.1 Å². The largest absolute Gasteiger partial charge is 0.348 e. The number of carbonyl (C=O) groups excluding carboxylic acids is 1. The molecule has 0 aliphatic heterocycles. The van der Waals surface area contributed by atoms with Crippen LogP contribution in [0.15, 0.2) is 84.9 Å². The van der Waals surface area contributed by atoms with E-state index in [-0.39, 0.29) is 5.91 Å². The van der Waals surface area contributed by atoms with E-state index < -0.39 is 0 Å². The van der Waals surface area contributed by atoms with Crippen LogP contribution in [0.25, 0.3) is 0 Å². The van der Waals surface area contributed by atoms with Crippen LogP contribution in [0, 0.1) is 6.92 Å². The Morgan fingerprint density at radius 3 is 1.79 bits per heavy atom. The van der Waals surface area contributed by atoms with Gasteiger partial charge in [0.2, 0.25) is 0 Å². The summed E-state index contributed by atoms with van der Waals surface area (Å²) in [5.41, 5.74) is 4.10. The van der Waals surface area contributed by atoms with Crippen LogP contribution in [0.3, 0.4) is 0 Å². The van der Waals surface area contributed by atoms with E-state index in [0.717, 1.165) is 31.5 Å². The average molecular weight is 403 g/mol. The Morgan fingerprint density at radius 2 is 1.28 bits per heavy atom. The van der Waals surface area contributed by atoms with Gasteiger partial charge in [0, 0.05) is 18.7 Å². The lowest BCUT2D eigenvalue weighted by atomic mass is 10.1. The number of amides is 1. The number of hydrogen-bond acceptors (Lipinski definition) is 2. The van der Waals surface area contributed by atoms with Crippen LogP contribution in [0.4, 0.5) is 0 Å². The van der Waals surface area contributed by atoms with Crippen LogP contribution in [-0.2, 0) is 12.8 Å². The highest BCUT2D eigenvalue weighted by molar-refractivity contribution is 7.80. The lowest BCUT2D eigenvalue weighted by Gasteiger charge is -2.26. The van der Waals surface area contributed by atoms with Crippen molar-refractivity contribution in [2.75, 3.05) is 13.1 Å². The van der Waals surface area contributed by atoms with Crippen molar-refractivity contribution in [2.24, 2.45) is 0 Å². The second-order valence-electron chi connectivity index (χ2n) is 7.03. The summed E-state index contributed by atoms with van der Waals surface area (Å²) in [6.07, 6.45) is 1.74. The van der Waals surface area contributed by atoms with Crippen molar-refractivity contribution in [3.05, 3.63) is 107 Å². The third-order valence-corrected chi connectivity index (χ3v) is 5.28. The van der Waals surface area contributed by atoms with Gasteiger partial charge in [0.1, 0.15) is 0 Å². The van der Waals surface area contributed by atoms with E-state index in [0.29, 0.717) is 10.7 Å². The molecule has 3 aromatic carbocycles. The number of rotatable bonds is 7. The molecule has 0 aliphatic rings. The molecule has 29 heavy (non-hydrogen) atoms. The summed E-state index contributed by atoms with van der Waals surface area (Å²) in [6.45, 7) is 3.44. The Hall–Kier alpha value is -2.98. The molecule has 0 heterocycles. The molecule has 0 saturated heterocycles. The fourth-order valence-corrected chi connectivity index (χ4v) is 3.48. The van der Waals surface area contributed by atoms with E-state index >= 15 is 0 Å². The minimum absolute atomic E-state index is 0.155. The third kappa shape index (κ3) is 6.26. The minimum atomic E-state index is -0.155. The number of thiocarbonyl (C=S) groups is 1. The summed E-state index contributed by atoms with van der Waals surface area (Å²) < 4.78 is 0. The maximum absolute atomic E-state index is 12.7. The standard InChI is InChI=1S/C25H26N2OS/c1-20-10-8-9-15-23(20)24(28)26-25(29)27(18-16-21-11-4-2-5-12-21)19-17-22-13-6-3-7-14-22/h2-15H,16-19H2,1H3,(H,26,28,29). The first-order valence-corrected chi connectivity index (χ1v) is 10.3. The van der Waals surface area contributed by atoms with E-state index in [2.05, 4.69) is 34.5 Å². The van der Waals surface area contributed by atoms with Crippen LogP contribution < -0.4 is 5.32 Å². The first-order valence-electron chi connectivity index (χ1n) is 9.87. The average Bonchev–Trinajstić information content (AvgIpc) is 2.75. The van der Waals surface area contributed by atoms with Gasteiger partial charge in [0.15, 0.2) is 5.11 Å². The molecule has 148 valence electrons. The zero-order chi connectivity index (χ0) is 20.5. The molecule has 0 bridgehead atoms. The molecule has 0 aliphatic carbocycles. The Labute approximate surface area is 178 Å².